The summed E-state index contributed by atoms with van der Waals surface area (Å²) in [4.78, 5) is 10.1. The van der Waals surface area contributed by atoms with E-state index in [1.54, 1.807) is 0 Å². The van der Waals surface area contributed by atoms with E-state index in [1.165, 1.54) is 0 Å². The van der Waals surface area contributed by atoms with Crippen molar-refractivity contribution >= 4 is 26.4 Å². The molecule has 0 amide bonds. The van der Waals surface area contributed by atoms with Gasteiger partial charge in [0.05, 0.1) is 24.5 Å². The Hall–Kier alpha value is -1.73. The van der Waals surface area contributed by atoms with Gasteiger partial charge in [-0.1, -0.05) is 0 Å². The Labute approximate surface area is 158 Å². The van der Waals surface area contributed by atoms with Gasteiger partial charge in [0.15, 0.2) is 5.75 Å². The minimum absolute atomic E-state index is 0.0265. The number of ether oxygens (including phenoxy) is 2. The summed E-state index contributed by atoms with van der Waals surface area (Å²) in [6.45, 7) is 9.13. The third kappa shape index (κ3) is 6.43. The lowest BCUT2D eigenvalue weighted by Gasteiger charge is -2.35. The maximum Gasteiger partial charge on any atom is 0.514 e. The van der Waals surface area contributed by atoms with E-state index in [0.29, 0.717) is 17.1 Å². The summed E-state index contributed by atoms with van der Waals surface area (Å²) in [5.74, 6) is -0.628. The Morgan fingerprint density at radius 3 is 2.00 bits per heavy atom. The van der Waals surface area contributed by atoms with Crippen molar-refractivity contribution in [1.29, 1.82) is 0 Å². The van der Waals surface area contributed by atoms with Crippen molar-refractivity contribution in [2.24, 2.45) is 0 Å². The molecule has 2 N–H and O–H groups in total. The Morgan fingerprint density at radius 1 is 1.00 bits per heavy atom. The molecule has 12 heteroatoms. The van der Waals surface area contributed by atoms with Crippen LogP contribution in [0.25, 0.3) is 0 Å². The molecule has 0 heterocycles. The van der Waals surface area contributed by atoms with Crippen LogP contribution in [0, 0.1) is 0 Å². The third-order valence-corrected chi connectivity index (χ3v) is 6.21. The first-order valence-corrected chi connectivity index (χ1v) is 11.0. The van der Waals surface area contributed by atoms with Crippen molar-refractivity contribution in [2.75, 3.05) is 32.8 Å². The van der Waals surface area contributed by atoms with Gasteiger partial charge in [-0.2, -0.15) is 16.8 Å². The smallest absolute Gasteiger partial charge is 0.428 e. The SMILES string of the molecule is CC[N+](CC)(CC)CCOC(=O)Oc1ccc(S(=O)(=O)O)cc1S(=O)(=O)O. The molecule has 27 heavy (non-hydrogen) atoms. The molecule has 0 aliphatic heterocycles. The van der Waals surface area contributed by atoms with Crippen LogP contribution in [0.2, 0.25) is 0 Å². The van der Waals surface area contributed by atoms with Gasteiger partial charge in [-0.05, 0) is 39.0 Å². The van der Waals surface area contributed by atoms with Crippen molar-refractivity contribution in [2.45, 2.75) is 30.6 Å². The number of nitrogens with zero attached hydrogens (tertiary/aromatic N) is 1. The molecule has 0 atom stereocenters. The fraction of sp³-hybridized carbons (Fsp3) is 0.533. The van der Waals surface area contributed by atoms with Crippen LogP contribution in [0.1, 0.15) is 20.8 Å². The molecule has 0 unspecified atom stereocenters. The number of benzene rings is 1. The molecule has 0 spiro atoms. The Morgan fingerprint density at radius 2 is 1.56 bits per heavy atom. The molecule has 1 rings (SSSR count). The number of likely N-dealkylation sites (N-methyl/N-ethyl adjacent to an activating group) is 1. The fourth-order valence-electron chi connectivity index (χ4n) is 2.52. The molecule has 0 aliphatic rings. The minimum atomic E-state index is -4.93. The number of rotatable bonds is 9. The first-order valence-electron chi connectivity index (χ1n) is 8.17. The molecular formula is C15H24NO9S2+. The molecule has 0 aliphatic carbocycles. The van der Waals surface area contributed by atoms with Gasteiger partial charge in [-0.15, -0.1) is 0 Å². The van der Waals surface area contributed by atoms with Gasteiger partial charge in [0.25, 0.3) is 20.2 Å². The Bertz CT molecular complexity index is 866. The third-order valence-electron chi connectivity index (χ3n) is 4.48. The largest absolute Gasteiger partial charge is 0.514 e. The number of carbonyl (C=O) groups excluding carboxylic acids is 1. The fourth-order valence-corrected chi connectivity index (χ4v) is 3.74. The molecule has 154 valence electrons. The summed E-state index contributed by atoms with van der Waals surface area (Å²) >= 11 is 0. The molecule has 1 aromatic carbocycles. The van der Waals surface area contributed by atoms with Gasteiger partial charge < -0.3 is 14.0 Å². The second-order valence-corrected chi connectivity index (χ2v) is 8.58. The Kier molecular flexibility index (Phi) is 7.75. The average molecular weight is 426 g/mol. The molecule has 0 bridgehead atoms. The zero-order valence-electron chi connectivity index (χ0n) is 15.3. The van der Waals surface area contributed by atoms with Crippen LogP contribution in [-0.4, -0.2) is 69.4 Å². The van der Waals surface area contributed by atoms with Crippen LogP contribution in [-0.2, 0) is 25.0 Å². The molecule has 0 fully saturated rings. The van der Waals surface area contributed by atoms with E-state index in [-0.39, 0.29) is 6.61 Å². The summed E-state index contributed by atoms with van der Waals surface area (Å²) in [6.07, 6.45) is -1.21. The van der Waals surface area contributed by atoms with Gasteiger partial charge >= 0.3 is 6.16 Å². The molecule has 0 radical (unpaired) electrons. The summed E-state index contributed by atoms with van der Waals surface area (Å²) in [5, 5.41) is 0. The number of quaternary nitrogens is 1. The summed E-state index contributed by atoms with van der Waals surface area (Å²) < 4.78 is 73.7. The number of hydrogen-bond donors (Lipinski definition) is 2. The quantitative estimate of drug-likeness (QED) is 0.260. The maximum atomic E-state index is 11.8. The zero-order valence-corrected chi connectivity index (χ0v) is 16.9. The molecule has 0 saturated carbocycles. The van der Waals surface area contributed by atoms with Gasteiger partial charge in [-0.25, -0.2) is 4.79 Å². The highest BCUT2D eigenvalue weighted by atomic mass is 32.2. The number of carbonyl (C=O) groups is 1. The minimum Gasteiger partial charge on any atom is -0.428 e. The van der Waals surface area contributed by atoms with Gasteiger partial charge in [0.2, 0.25) is 0 Å². The van der Waals surface area contributed by atoms with Gasteiger partial charge in [0.1, 0.15) is 18.0 Å². The molecule has 0 saturated heterocycles. The number of hydrogen-bond acceptors (Lipinski definition) is 7. The van der Waals surface area contributed by atoms with Crippen LogP contribution in [0.15, 0.2) is 28.0 Å². The first kappa shape index (κ1) is 23.3. The topological polar surface area (TPSA) is 144 Å². The highest BCUT2D eigenvalue weighted by molar-refractivity contribution is 7.86. The van der Waals surface area contributed by atoms with E-state index in [4.69, 9.17) is 14.0 Å². The lowest BCUT2D eigenvalue weighted by molar-refractivity contribution is -0.923. The average Bonchev–Trinajstić information content (AvgIpc) is 2.57. The van der Waals surface area contributed by atoms with E-state index >= 15 is 0 Å². The van der Waals surface area contributed by atoms with Crippen LogP contribution >= 0.6 is 0 Å². The second kappa shape index (κ2) is 8.97. The molecule has 10 nitrogen and oxygen atoms in total. The van der Waals surface area contributed by atoms with E-state index in [1.807, 2.05) is 20.8 Å². The van der Waals surface area contributed by atoms with Crippen molar-refractivity contribution in [3.63, 3.8) is 0 Å². The standard InChI is InChI=1S/C15H23NO9S2/c1-4-16(5-2,6-3)9-10-24-15(17)25-13-8-7-12(26(18,19)20)11-14(13)27(21,22)23/h7-8,11H,4-6,9-10H2,1-3H3,(H-,18,19,20,21,22,23)/p+1. The highest BCUT2D eigenvalue weighted by Gasteiger charge is 2.25. The van der Waals surface area contributed by atoms with Crippen LogP contribution < -0.4 is 4.74 Å². The normalized spacial score (nSPS) is 12.6. The van der Waals surface area contributed by atoms with Gasteiger partial charge in [0, 0.05) is 0 Å². The summed E-state index contributed by atoms with van der Waals surface area (Å²) in [7, 11) is -9.65. The predicted octanol–water partition coefficient (Wildman–Crippen LogP) is 1.57. The summed E-state index contributed by atoms with van der Waals surface area (Å²) in [6, 6.07) is 2.11. The van der Waals surface area contributed by atoms with Crippen molar-refractivity contribution in [3.8, 4) is 5.75 Å². The highest BCUT2D eigenvalue weighted by Crippen LogP contribution is 2.27. The summed E-state index contributed by atoms with van der Waals surface area (Å²) in [5.41, 5.74) is 0. The molecule has 0 aromatic heterocycles. The van der Waals surface area contributed by atoms with Crippen LogP contribution in [0.3, 0.4) is 0 Å². The second-order valence-electron chi connectivity index (χ2n) is 5.77. The predicted molar refractivity (Wildman–Crippen MR) is 94.8 cm³/mol. The zero-order chi connectivity index (χ0) is 20.9. The van der Waals surface area contributed by atoms with Gasteiger partial charge in [-0.3, -0.25) is 9.11 Å². The molecule has 1 aromatic rings. The van der Waals surface area contributed by atoms with E-state index in [9.17, 15) is 26.2 Å². The van der Waals surface area contributed by atoms with E-state index in [2.05, 4.69) is 0 Å². The molecular weight excluding hydrogens is 402 g/mol. The van der Waals surface area contributed by atoms with Crippen LogP contribution in [0.4, 0.5) is 4.79 Å². The first-order chi connectivity index (χ1) is 12.4. The Balaban J connectivity index is 2.94. The van der Waals surface area contributed by atoms with Crippen LogP contribution in [0.5, 0.6) is 5.75 Å². The van der Waals surface area contributed by atoms with E-state index < -0.39 is 41.9 Å². The monoisotopic (exact) mass is 426 g/mol. The van der Waals surface area contributed by atoms with Crippen molar-refractivity contribution < 1.29 is 44.7 Å². The lowest BCUT2D eigenvalue weighted by atomic mass is 10.3. The lowest BCUT2D eigenvalue weighted by Crippen LogP contribution is -2.49. The maximum absolute atomic E-state index is 11.8. The van der Waals surface area contributed by atoms with Crippen molar-refractivity contribution in [3.05, 3.63) is 18.2 Å². The van der Waals surface area contributed by atoms with Crippen molar-refractivity contribution in [1.82, 2.24) is 0 Å². The van der Waals surface area contributed by atoms with E-state index in [0.717, 1.165) is 31.8 Å².